The van der Waals surface area contributed by atoms with Gasteiger partial charge in [0.1, 0.15) is 12.5 Å². The quantitative estimate of drug-likeness (QED) is 0.728. The smallest absolute Gasteiger partial charge is 0.267 e. The van der Waals surface area contributed by atoms with Crippen LogP contribution in [0.25, 0.3) is 16.6 Å². The molecule has 26 heavy (non-hydrogen) atoms. The number of fused-ring (bicyclic) bond motifs is 1. The summed E-state index contributed by atoms with van der Waals surface area (Å²) >= 11 is 0. The Morgan fingerprint density at radius 3 is 2.77 bits per heavy atom. The van der Waals surface area contributed by atoms with Crippen LogP contribution in [-0.2, 0) is 6.42 Å². The average Bonchev–Trinajstić information content (AvgIpc) is 2.68. The number of anilines is 1. The van der Waals surface area contributed by atoms with E-state index in [0.29, 0.717) is 41.2 Å². The summed E-state index contributed by atoms with van der Waals surface area (Å²) in [7, 11) is 0. The van der Waals surface area contributed by atoms with Crippen molar-refractivity contribution >= 4 is 23.1 Å². The van der Waals surface area contributed by atoms with Gasteiger partial charge in [-0.05, 0) is 42.3 Å². The first-order chi connectivity index (χ1) is 12.7. The Morgan fingerprint density at radius 2 is 2.04 bits per heavy atom. The molecule has 0 atom stereocenters. The number of allylic oxidation sites excluding steroid dienone is 1. The van der Waals surface area contributed by atoms with Crippen molar-refractivity contribution in [1.82, 2.24) is 9.55 Å². The Labute approximate surface area is 149 Å². The first-order valence-corrected chi connectivity index (χ1v) is 8.43. The fraction of sp³-hybridized carbons (Fsp3) is 0.150. The fourth-order valence-electron chi connectivity index (χ4n) is 3.02. The second-order valence-electron chi connectivity index (χ2n) is 5.98. The standard InChI is InChI=1S/C20H17FN4O/c1-2-14-8-9-15(12-17(14)21)25-19(26)16-6-3-4-7-18(16)23-20(25)24-11-5-10-22-13-24/h3-12H,2,13H2,1H3. The lowest BCUT2D eigenvalue weighted by molar-refractivity contribution is 0.610. The van der Waals surface area contributed by atoms with Crippen molar-refractivity contribution < 1.29 is 4.39 Å². The first-order valence-electron chi connectivity index (χ1n) is 8.43. The topological polar surface area (TPSA) is 50.5 Å². The van der Waals surface area contributed by atoms with Crippen LogP contribution in [0.3, 0.4) is 0 Å². The molecule has 0 unspecified atom stereocenters. The molecule has 5 nitrogen and oxygen atoms in total. The summed E-state index contributed by atoms with van der Waals surface area (Å²) in [6.45, 7) is 2.24. The zero-order valence-electron chi connectivity index (χ0n) is 14.3. The number of aliphatic imine (C=N–C) groups is 1. The molecule has 0 saturated heterocycles. The van der Waals surface area contributed by atoms with Crippen LogP contribution in [0.15, 0.2) is 64.5 Å². The number of halogens is 1. The van der Waals surface area contributed by atoms with E-state index in [1.807, 2.05) is 13.0 Å². The number of benzene rings is 2. The van der Waals surface area contributed by atoms with Crippen molar-refractivity contribution in [2.24, 2.45) is 4.99 Å². The van der Waals surface area contributed by atoms with Gasteiger partial charge in [0, 0.05) is 12.4 Å². The third-order valence-corrected chi connectivity index (χ3v) is 4.38. The van der Waals surface area contributed by atoms with Gasteiger partial charge in [0.05, 0.1) is 16.6 Å². The van der Waals surface area contributed by atoms with Crippen LogP contribution in [0.5, 0.6) is 0 Å². The van der Waals surface area contributed by atoms with Crippen molar-refractivity contribution in [3.63, 3.8) is 0 Å². The van der Waals surface area contributed by atoms with Gasteiger partial charge in [-0.15, -0.1) is 0 Å². The van der Waals surface area contributed by atoms with Gasteiger partial charge < -0.3 is 0 Å². The molecule has 6 heteroatoms. The molecule has 0 amide bonds. The van der Waals surface area contributed by atoms with Gasteiger partial charge in [0.15, 0.2) is 0 Å². The molecule has 0 aliphatic carbocycles. The normalized spacial score (nSPS) is 13.5. The Balaban J connectivity index is 2.01. The second kappa shape index (κ2) is 6.55. The zero-order chi connectivity index (χ0) is 18.1. The molecule has 130 valence electrons. The fourth-order valence-corrected chi connectivity index (χ4v) is 3.02. The summed E-state index contributed by atoms with van der Waals surface area (Å²) in [6, 6.07) is 12.0. The number of hydrogen-bond acceptors (Lipinski definition) is 4. The maximum Gasteiger partial charge on any atom is 0.267 e. The van der Waals surface area contributed by atoms with Gasteiger partial charge in [-0.3, -0.25) is 14.7 Å². The molecular weight excluding hydrogens is 331 g/mol. The van der Waals surface area contributed by atoms with E-state index in [0.717, 1.165) is 0 Å². The molecule has 4 rings (SSSR count). The van der Waals surface area contributed by atoms with Crippen LogP contribution in [0, 0.1) is 5.82 Å². The van der Waals surface area contributed by atoms with Crippen molar-refractivity contribution in [2.75, 3.05) is 11.6 Å². The number of aryl methyl sites for hydroxylation is 1. The lowest BCUT2D eigenvalue weighted by atomic mass is 10.1. The summed E-state index contributed by atoms with van der Waals surface area (Å²) in [5.74, 6) is 0.0775. The van der Waals surface area contributed by atoms with E-state index in [1.54, 1.807) is 53.7 Å². The van der Waals surface area contributed by atoms with Gasteiger partial charge in [0.25, 0.3) is 5.56 Å². The van der Waals surface area contributed by atoms with Crippen LogP contribution in [0.4, 0.5) is 10.3 Å². The summed E-state index contributed by atoms with van der Waals surface area (Å²) in [5.41, 5.74) is 1.41. The van der Waals surface area contributed by atoms with Gasteiger partial charge >= 0.3 is 0 Å². The van der Waals surface area contributed by atoms with E-state index in [-0.39, 0.29) is 11.4 Å². The highest BCUT2D eigenvalue weighted by atomic mass is 19.1. The van der Waals surface area contributed by atoms with Crippen LogP contribution < -0.4 is 10.5 Å². The number of nitrogens with zero attached hydrogens (tertiary/aromatic N) is 4. The molecule has 0 N–H and O–H groups in total. The van der Waals surface area contributed by atoms with Crippen molar-refractivity contribution in [3.05, 3.63) is 76.5 Å². The molecule has 0 bridgehead atoms. The molecule has 1 aliphatic heterocycles. The van der Waals surface area contributed by atoms with E-state index in [2.05, 4.69) is 9.98 Å². The molecule has 2 heterocycles. The lowest BCUT2D eigenvalue weighted by Gasteiger charge is -2.23. The van der Waals surface area contributed by atoms with Gasteiger partial charge in [-0.1, -0.05) is 25.1 Å². The van der Waals surface area contributed by atoms with Crippen molar-refractivity contribution in [1.29, 1.82) is 0 Å². The van der Waals surface area contributed by atoms with E-state index in [1.165, 1.54) is 10.6 Å². The average molecular weight is 348 g/mol. The molecular formula is C20H17FN4O. The van der Waals surface area contributed by atoms with E-state index in [4.69, 9.17) is 0 Å². The predicted molar refractivity (Wildman–Crippen MR) is 102 cm³/mol. The second-order valence-corrected chi connectivity index (χ2v) is 5.98. The predicted octanol–water partition coefficient (Wildman–Crippen LogP) is 3.45. The highest BCUT2D eigenvalue weighted by Gasteiger charge is 2.18. The largest absolute Gasteiger partial charge is 0.298 e. The maximum absolute atomic E-state index is 14.4. The Bertz CT molecular complexity index is 1100. The van der Waals surface area contributed by atoms with Crippen molar-refractivity contribution in [3.8, 4) is 5.69 Å². The monoisotopic (exact) mass is 348 g/mol. The van der Waals surface area contributed by atoms with E-state index < -0.39 is 0 Å². The molecule has 1 aromatic heterocycles. The number of aromatic nitrogens is 2. The Morgan fingerprint density at radius 1 is 1.19 bits per heavy atom. The lowest BCUT2D eigenvalue weighted by Crippen LogP contribution is -2.30. The third kappa shape index (κ3) is 2.69. The summed E-state index contributed by atoms with van der Waals surface area (Å²) in [6.07, 6.45) is 5.86. The minimum atomic E-state index is -0.330. The van der Waals surface area contributed by atoms with Gasteiger partial charge in [-0.2, -0.15) is 0 Å². The van der Waals surface area contributed by atoms with Gasteiger partial charge in [-0.25, -0.2) is 13.9 Å². The minimum Gasteiger partial charge on any atom is -0.298 e. The number of hydrogen-bond donors (Lipinski definition) is 0. The third-order valence-electron chi connectivity index (χ3n) is 4.38. The number of para-hydroxylation sites is 1. The van der Waals surface area contributed by atoms with Crippen molar-refractivity contribution in [2.45, 2.75) is 13.3 Å². The van der Waals surface area contributed by atoms with Crippen LogP contribution in [0.1, 0.15) is 12.5 Å². The van der Waals surface area contributed by atoms with E-state index >= 15 is 0 Å². The number of rotatable bonds is 3. The molecule has 3 aromatic rings. The highest BCUT2D eigenvalue weighted by Crippen LogP contribution is 2.22. The molecule has 0 radical (unpaired) electrons. The molecule has 0 saturated carbocycles. The summed E-state index contributed by atoms with van der Waals surface area (Å²) < 4.78 is 15.8. The van der Waals surface area contributed by atoms with Crippen LogP contribution >= 0.6 is 0 Å². The summed E-state index contributed by atoms with van der Waals surface area (Å²) in [5, 5.41) is 0.487. The zero-order valence-corrected chi connectivity index (χ0v) is 14.3. The summed E-state index contributed by atoms with van der Waals surface area (Å²) in [4.78, 5) is 23.8. The molecule has 2 aromatic carbocycles. The van der Waals surface area contributed by atoms with Crippen LogP contribution in [0.2, 0.25) is 0 Å². The van der Waals surface area contributed by atoms with Crippen LogP contribution in [-0.4, -0.2) is 22.4 Å². The Kier molecular flexibility index (Phi) is 4.08. The maximum atomic E-state index is 14.4. The van der Waals surface area contributed by atoms with Gasteiger partial charge in [0.2, 0.25) is 5.95 Å². The highest BCUT2D eigenvalue weighted by molar-refractivity contribution is 5.80. The van der Waals surface area contributed by atoms with E-state index in [9.17, 15) is 9.18 Å². The molecule has 0 fully saturated rings. The Hall–Kier alpha value is -3.28. The minimum absolute atomic E-state index is 0.239. The molecule has 1 aliphatic rings. The SMILES string of the molecule is CCc1ccc(-n2c(N3C=CC=NC3)nc3ccccc3c2=O)cc1F. The molecule has 0 spiro atoms. The first kappa shape index (κ1) is 16.2.